The van der Waals surface area contributed by atoms with Crippen LogP contribution in [-0.4, -0.2) is 82.3 Å². The monoisotopic (exact) mass is 1130 g/mol. The molecule has 80 heavy (non-hydrogen) atoms. The zero-order chi connectivity index (χ0) is 58.3. The van der Waals surface area contributed by atoms with Gasteiger partial charge in [-0.2, -0.15) is 0 Å². The minimum atomic E-state index is -1.62. The van der Waals surface area contributed by atoms with E-state index in [1.54, 1.807) is 0 Å². The summed E-state index contributed by atoms with van der Waals surface area (Å²) in [5, 5.41) is 11.8. The first kappa shape index (κ1) is 77.2. The van der Waals surface area contributed by atoms with Crippen LogP contribution in [0.1, 0.15) is 328 Å². The summed E-state index contributed by atoms with van der Waals surface area (Å²) in [5.41, 5.74) is 0. The number of hydrogen-bond donors (Lipinski definition) is 0. The fourth-order valence-corrected chi connectivity index (χ4v) is 10.1. The Hall–Kier alpha value is -2.75. The van der Waals surface area contributed by atoms with Crippen LogP contribution in [0.25, 0.3) is 0 Å². The lowest BCUT2D eigenvalue weighted by Crippen LogP contribution is -2.44. The van der Waals surface area contributed by atoms with Gasteiger partial charge in [0.15, 0.2) is 12.4 Å². The number of aliphatic carboxylic acids is 1. The van der Waals surface area contributed by atoms with Crippen molar-refractivity contribution in [3.05, 3.63) is 48.6 Å². The van der Waals surface area contributed by atoms with Crippen LogP contribution in [0.15, 0.2) is 48.6 Å². The van der Waals surface area contributed by atoms with E-state index in [2.05, 4.69) is 62.5 Å². The second-order valence-corrected chi connectivity index (χ2v) is 24.4. The number of likely N-dealkylation sites (N-methyl/N-ethyl adjacent to an activating group) is 1. The molecule has 9 heteroatoms. The number of carbonyl (C=O) groups excluding carboxylic acids is 3. The summed E-state index contributed by atoms with van der Waals surface area (Å²) in [6, 6.07) is 0. The number of carboxylic acid groups (broad SMARTS) is 1. The van der Waals surface area contributed by atoms with Crippen molar-refractivity contribution in [2.75, 3.05) is 47.5 Å². The fourth-order valence-electron chi connectivity index (χ4n) is 10.1. The molecule has 0 spiro atoms. The van der Waals surface area contributed by atoms with Crippen molar-refractivity contribution in [2.24, 2.45) is 0 Å². The van der Waals surface area contributed by atoms with Crippen LogP contribution in [0, 0.1) is 0 Å². The van der Waals surface area contributed by atoms with Crippen molar-refractivity contribution in [3.63, 3.8) is 0 Å². The molecule has 0 fully saturated rings. The Balaban J connectivity index is 4.09. The van der Waals surface area contributed by atoms with E-state index in [4.69, 9.17) is 18.9 Å². The Morgan fingerprint density at radius 3 is 1.06 bits per heavy atom. The van der Waals surface area contributed by atoms with Gasteiger partial charge in [-0.25, -0.2) is 0 Å². The van der Waals surface area contributed by atoms with Crippen LogP contribution in [0.4, 0.5) is 0 Å². The predicted octanol–water partition coefficient (Wildman–Crippen LogP) is 19.6. The smallest absolute Gasteiger partial charge is 0.306 e. The van der Waals surface area contributed by atoms with Crippen LogP contribution in [0.5, 0.6) is 0 Å². The molecule has 0 aromatic rings. The second-order valence-electron chi connectivity index (χ2n) is 24.4. The number of ether oxygens (including phenoxy) is 4. The number of carbonyl (C=O) groups is 3. The summed E-state index contributed by atoms with van der Waals surface area (Å²) < 4.78 is 22.8. The maximum atomic E-state index is 12.9. The summed E-state index contributed by atoms with van der Waals surface area (Å²) in [4.78, 5) is 37.5. The van der Waals surface area contributed by atoms with Gasteiger partial charge in [0.1, 0.15) is 13.2 Å². The van der Waals surface area contributed by atoms with Gasteiger partial charge >= 0.3 is 11.9 Å². The van der Waals surface area contributed by atoms with E-state index in [-0.39, 0.29) is 32.2 Å². The largest absolute Gasteiger partial charge is 0.545 e. The number of nitrogens with zero attached hydrogens (tertiary/aromatic N) is 1. The summed E-state index contributed by atoms with van der Waals surface area (Å²) in [6.45, 7) is 4.70. The molecule has 0 heterocycles. The van der Waals surface area contributed by atoms with Crippen molar-refractivity contribution < 1.29 is 42.9 Å². The van der Waals surface area contributed by atoms with Crippen LogP contribution in [-0.2, 0) is 33.3 Å². The van der Waals surface area contributed by atoms with E-state index in [1.807, 2.05) is 21.1 Å². The number of rotatable bonds is 64. The average molecular weight is 1130 g/mol. The number of esters is 2. The third kappa shape index (κ3) is 62.8. The third-order valence-electron chi connectivity index (χ3n) is 15.3. The van der Waals surface area contributed by atoms with Gasteiger partial charge in [-0.1, -0.05) is 313 Å². The minimum absolute atomic E-state index is 0.150. The molecular formula is C71H131NO8. The van der Waals surface area contributed by atoms with Gasteiger partial charge in [-0.05, 0) is 51.4 Å². The van der Waals surface area contributed by atoms with E-state index in [1.165, 1.54) is 238 Å². The van der Waals surface area contributed by atoms with Crippen molar-refractivity contribution in [2.45, 2.75) is 341 Å². The molecule has 468 valence electrons. The van der Waals surface area contributed by atoms with Gasteiger partial charge in [0.05, 0.1) is 40.3 Å². The SMILES string of the molecule is CC/C=C\C/C=C\C/C=C\C/C=C\CCCCCCCCCCCCCCCCCCC(=O)OC(COC(=O)CCCCCCCCCCCCCCCCCCCCCCCCCCCC)COC(OCC[N+](C)(C)C)C(=O)[O-]. The van der Waals surface area contributed by atoms with Crippen molar-refractivity contribution in [3.8, 4) is 0 Å². The Bertz CT molecular complexity index is 1450. The molecule has 0 aliphatic carbocycles. The van der Waals surface area contributed by atoms with Gasteiger partial charge in [0, 0.05) is 12.8 Å². The lowest BCUT2D eigenvalue weighted by atomic mass is 10.0. The predicted molar refractivity (Wildman–Crippen MR) is 339 cm³/mol. The summed E-state index contributed by atoms with van der Waals surface area (Å²) in [5.74, 6) is -2.26. The minimum Gasteiger partial charge on any atom is -0.545 e. The average Bonchev–Trinajstić information content (AvgIpc) is 3.43. The number of unbranched alkanes of at least 4 members (excludes halogenated alkanes) is 41. The highest BCUT2D eigenvalue weighted by Crippen LogP contribution is 2.19. The molecule has 2 atom stereocenters. The molecule has 2 unspecified atom stereocenters. The second kappa shape index (κ2) is 62.3. The lowest BCUT2D eigenvalue weighted by molar-refractivity contribution is -0.870. The van der Waals surface area contributed by atoms with Crippen LogP contribution < -0.4 is 5.11 Å². The van der Waals surface area contributed by atoms with E-state index in [0.29, 0.717) is 23.9 Å². The van der Waals surface area contributed by atoms with Crippen molar-refractivity contribution in [1.29, 1.82) is 0 Å². The maximum absolute atomic E-state index is 12.9. The van der Waals surface area contributed by atoms with Crippen LogP contribution >= 0.6 is 0 Å². The molecule has 0 aromatic carbocycles. The normalized spacial score (nSPS) is 13.0. The van der Waals surface area contributed by atoms with Crippen molar-refractivity contribution in [1.82, 2.24) is 0 Å². The molecule has 9 nitrogen and oxygen atoms in total. The Kier molecular flexibility index (Phi) is 60.2. The van der Waals surface area contributed by atoms with Gasteiger partial charge in [0.2, 0.25) is 0 Å². The number of hydrogen-bond acceptors (Lipinski definition) is 8. The topological polar surface area (TPSA) is 111 Å². The summed E-state index contributed by atoms with van der Waals surface area (Å²) >= 11 is 0. The fraction of sp³-hybridized carbons (Fsp3) is 0.845. The maximum Gasteiger partial charge on any atom is 0.306 e. The molecule has 0 aromatic heterocycles. The molecule has 0 radical (unpaired) electrons. The molecule has 0 aliphatic rings. The first-order valence-electron chi connectivity index (χ1n) is 34.3. The van der Waals surface area contributed by atoms with E-state index in [0.717, 1.165) is 57.8 Å². The van der Waals surface area contributed by atoms with Crippen molar-refractivity contribution >= 4 is 17.9 Å². The van der Waals surface area contributed by atoms with Gasteiger partial charge < -0.3 is 33.3 Å². The molecule has 0 bridgehead atoms. The third-order valence-corrected chi connectivity index (χ3v) is 15.3. The highest BCUT2D eigenvalue weighted by molar-refractivity contribution is 5.70. The number of quaternary nitrogens is 1. The molecule has 0 aliphatic heterocycles. The van der Waals surface area contributed by atoms with Gasteiger partial charge in [-0.3, -0.25) is 9.59 Å². The van der Waals surface area contributed by atoms with E-state index in [9.17, 15) is 19.5 Å². The highest BCUT2D eigenvalue weighted by atomic mass is 16.7. The van der Waals surface area contributed by atoms with Gasteiger partial charge in [0.25, 0.3) is 0 Å². The lowest BCUT2D eigenvalue weighted by Gasteiger charge is -2.26. The zero-order valence-electron chi connectivity index (χ0n) is 53.5. The number of allylic oxidation sites excluding steroid dienone is 8. The number of carboxylic acids is 1. The Morgan fingerprint density at radius 2 is 0.713 bits per heavy atom. The first-order chi connectivity index (χ1) is 39.1. The standard InChI is InChI=1S/C71H131NO8/c1-6-8-10-12-14-16-18-20-22-24-26-28-30-32-34-35-36-38-40-42-44-46-48-50-52-54-56-58-60-62-69(74)80-67(66-79-71(70(75)76)77-64-63-72(3,4)5)65-78-68(73)61-59-57-55-53-51-49-47-45-43-41-39-37-33-31-29-27-25-23-21-19-17-15-13-11-9-7-2/h8,10,14,16,20,22,26,28,67,71H,6-7,9,11-13,15,17-19,21,23-25,27,29-66H2,1-5H3/b10-8-,16-14-,22-20-,28-26-. The quantitative estimate of drug-likeness (QED) is 0.0195. The summed E-state index contributed by atoms with van der Waals surface area (Å²) in [7, 11) is 5.94. The zero-order valence-corrected chi connectivity index (χ0v) is 53.5. The molecule has 0 saturated carbocycles. The summed E-state index contributed by atoms with van der Waals surface area (Å²) in [6.07, 6.45) is 76.2. The van der Waals surface area contributed by atoms with E-state index >= 15 is 0 Å². The highest BCUT2D eigenvalue weighted by Gasteiger charge is 2.22. The van der Waals surface area contributed by atoms with E-state index < -0.39 is 24.3 Å². The molecular weight excluding hydrogens is 995 g/mol. The molecule has 0 N–H and O–H groups in total. The molecule has 0 amide bonds. The van der Waals surface area contributed by atoms with Gasteiger partial charge in [-0.15, -0.1) is 0 Å². The Morgan fingerprint density at radius 1 is 0.388 bits per heavy atom. The molecule has 0 rings (SSSR count). The van der Waals surface area contributed by atoms with Crippen LogP contribution in [0.2, 0.25) is 0 Å². The van der Waals surface area contributed by atoms with Crippen LogP contribution in [0.3, 0.4) is 0 Å². The first-order valence-corrected chi connectivity index (χ1v) is 34.3. The molecule has 0 saturated heterocycles. The Labute approximate surface area is 495 Å².